The zero-order valence-electron chi connectivity index (χ0n) is 9.34. The summed E-state index contributed by atoms with van der Waals surface area (Å²) in [6.45, 7) is 6.70. The minimum absolute atomic E-state index is 0.331. The summed E-state index contributed by atoms with van der Waals surface area (Å²) >= 11 is 0. The maximum Gasteiger partial charge on any atom is 0.0673 e. The lowest BCUT2D eigenvalue weighted by Crippen LogP contribution is -2.39. The molecule has 1 aliphatic rings. The van der Waals surface area contributed by atoms with Gasteiger partial charge in [0.1, 0.15) is 0 Å². The molecule has 0 radical (unpaired) electrons. The standard InChI is InChI=1S/C12H24O/c1-4-5-11(3)12(13)8-6-10(2)7-9-12/h10-11,13H,4-9H2,1-3H3. The van der Waals surface area contributed by atoms with Crippen molar-refractivity contribution in [2.45, 2.75) is 64.9 Å². The van der Waals surface area contributed by atoms with Gasteiger partial charge in [-0.1, -0.05) is 27.2 Å². The fourth-order valence-electron chi connectivity index (χ4n) is 2.46. The van der Waals surface area contributed by atoms with Gasteiger partial charge in [0.05, 0.1) is 5.60 Å². The second-order valence-corrected chi connectivity index (χ2v) is 4.98. The summed E-state index contributed by atoms with van der Waals surface area (Å²) in [5.41, 5.74) is -0.331. The average Bonchev–Trinajstić information content (AvgIpc) is 2.11. The van der Waals surface area contributed by atoms with Crippen LogP contribution in [0.25, 0.3) is 0 Å². The van der Waals surface area contributed by atoms with Crippen molar-refractivity contribution in [2.75, 3.05) is 0 Å². The highest BCUT2D eigenvalue weighted by molar-refractivity contribution is 4.88. The van der Waals surface area contributed by atoms with Crippen LogP contribution in [-0.2, 0) is 0 Å². The molecule has 1 rings (SSSR count). The molecule has 0 amide bonds. The molecule has 1 heteroatoms. The van der Waals surface area contributed by atoms with Crippen molar-refractivity contribution in [3.63, 3.8) is 0 Å². The zero-order chi connectivity index (χ0) is 9.90. The van der Waals surface area contributed by atoms with Gasteiger partial charge in [-0.2, -0.15) is 0 Å². The Morgan fingerprint density at radius 2 is 1.92 bits per heavy atom. The Kier molecular flexibility index (Phi) is 3.78. The molecule has 13 heavy (non-hydrogen) atoms. The molecule has 0 heterocycles. The largest absolute Gasteiger partial charge is 0.390 e. The molecule has 1 fully saturated rings. The molecule has 1 unspecified atom stereocenters. The highest BCUT2D eigenvalue weighted by Gasteiger charge is 2.36. The van der Waals surface area contributed by atoms with E-state index in [9.17, 15) is 5.11 Å². The van der Waals surface area contributed by atoms with Crippen LogP contribution in [0.3, 0.4) is 0 Å². The second-order valence-electron chi connectivity index (χ2n) is 4.98. The Labute approximate surface area is 82.5 Å². The summed E-state index contributed by atoms with van der Waals surface area (Å²) in [5, 5.41) is 10.4. The van der Waals surface area contributed by atoms with E-state index >= 15 is 0 Å². The number of hydrogen-bond acceptors (Lipinski definition) is 1. The summed E-state index contributed by atoms with van der Waals surface area (Å²) in [5.74, 6) is 1.32. The van der Waals surface area contributed by atoms with Gasteiger partial charge in [0.25, 0.3) is 0 Å². The fourth-order valence-corrected chi connectivity index (χ4v) is 2.46. The van der Waals surface area contributed by atoms with Gasteiger partial charge in [0, 0.05) is 0 Å². The second kappa shape index (κ2) is 4.45. The molecular weight excluding hydrogens is 160 g/mol. The van der Waals surface area contributed by atoms with Crippen LogP contribution in [0.1, 0.15) is 59.3 Å². The third kappa shape index (κ3) is 2.70. The lowest BCUT2D eigenvalue weighted by Gasteiger charge is -2.39. The predicted octanol–water partition coefficient (Wildman–Crippen LogP) is 3.36. The molecule has 1 aliphatic carbocycles. The van der Waals surface area contributed by atoms with E-state index in [-0.39, 0.29) is 5.60 Å². The quantitative estimate of drug-likeness (QED) is 0.713. The number of rotatable bonds is 3. The summed E-state index contributed by atoms with van der Waals surface area (Å²) in [4.78, 5) is 0. The molecular formula is C12H24O. The first-order valence-corrected chi connectivity index (χ1v) is 5.81. The SMILES string of the molecule is CCCC(C)C1(O)CCC(C)CC1. The van der Waals surface area contributed by atoms with Crippen LogP contribution in [0.2, 0.25) is 0 Å². The van der Waals surface area contributed by atoms with Crippen LogP contribution >= 0.6 is 0 Å². The van der Waals surface area contributed by atoms with Crippen LogP contribution < -0.4 is 0 Å². The van der Waals surface area contributed by atoms with E-state index in [1.165, 1.54) is 25.7 Å². The smallest absolute Gasteiger partial charge is 0.0673 e. The van der Waals surface area contributed by atoms with Crippen LogP contribution in [-0.4, -0.2) is 10.7 Å². The summed E-state index contributed by atoms with van der Waals surface area (Å²) in [6.07, 6.45) is 6.84. The maximum absolute atomic E-state index is 10.4. The van der Waals surface area contributed by atoms with Crippen molar-refractivity contribution in [3.8, 4) is 0 Å². The van der Waals surface area contributed by atoms with E-state index in [0.29, 0.717) is 5.92 Å². The molecule has 0 aliphatic heterocycles. The summed E-state index contributed by atoms with van der Waals surface area (Å²) in [7, 11) is 0. The van der Waals surface area contributed by atoms with Gasteiger partial charge in [0.15, 0.2) is 0 Å². The average molecular weight is 184 g/mol. The Morgan fingerprint density at radius 3 is 2.38 bits per heavy atom. The normalized spacial score (nSPS) is 37.4. The zero-order valence-corrected chi connectivity index (χ0v) is 9.34. The molecule has 0 spiro atoms. The van der Waals surface area contributed by atoms with Crippen LogP contribution in [0, 0.1) is 11.8 Å². The van der Waals surface area contributed by atoms with Crippen molar-refractivity contribution in [3.05, 3.63) is 0 Å². The van der Waals surface area contributed by atoms with Gasteiger partial charge >= 0.3 is 0 Å². The number of hydrogen-bond donors (Lipinski definition) is 1. The minimum Gasteiger partial charge on any atom is -0.390 e. The first kappa shape index (κ1) is 11.0. The lowest BCUT2D eigenvalue weighted by atomic mass is 9.72. The number of aliphatic hydroxyl groups is 1. The van der Waals surface area contributed by atoms with Gasteiger partial charge < -0.3 is 5.11 Å². The minimum atomic E-state index is -0.331. The van der Waals surface area contributed by atoms with Gasteiger partial charge in [-0.15, -0.1) is 0 Å². The summed E-state index contributed by atoms with van der Waals surface area (Å²) in [6, 6.07) is 0. The lowest BCUT2D eigenvalue weighted by molar-refractivity contribution is -0.0546. The molecule has 1 saturated carbocycles. The highest BCUT2D eigenvalue weighted by atomic mass is 16.3. The highest BCUT2D eigenvalue weighted by Crippen LogP contribution is 2.38. The van der Waals surface area contributed by atoms with E-state index in [4.69, 9.17) is 0 Å². The van der Waals surface area contributed by atoms with E-state index < -0.39 is 0 Å². The predicted molar refractivity (Wildman–Crippen MR) is 56.7 cm³/mol. The molecule has 1 atom stereocenters. The summed E-state index contributed by atoms with van der Waals surface area (Å²) < 4.78 is 0. The molecule has 0 aromatic heterocycles. The van der Waals surface area contributed by atoms with E-state index in [1.807, 2.05) is 0 Å². The Morgan fingerprint density at radius 1 is 1.38 bits per heavy atom. The first-order chi connectivity index (χ1) is 6.08. The molecule has 1 nitrogen and oxygen atoms in total. The van der Waals surface area contributed by atoms with E-state index in [0.717, 1.165) is 18.8 Å². The van der Waals surface area contributed by atoms with Gasteiger partial charge in [0.2, 0.25) is 0 Å². The molecule has 78 valence electrons. The van der Waals surface area contributed by atoms with Gasteiger partial charge in [-0.3, -0.25) is 0 Å². The topological polar surface area (TPSA) is 20.2 Å². The molecule has 0 bridgehead atoms. The molecule has 0 aromatic rings. The molecule has 0 saturated heterocycles. The van der Waals surface area contributed by atoms with Crippen molar-refractivity contribution in [2.24, 2.45) is 11.8 Å². The Hall–Kier alpha value is -0.0400. The van der Waals surface area contributed by atoms with Crippen molar-refractivity contribution in [1.29, 1.82) is 0 Å². The molecule has 1 N–H and O–H groups in total. The van der Waals surface area contributed by atoms with E-state index in [2.05, 4.69) is 20.8 Å². The van der Waals surface area contributed by atoms with Crippen LogP contribution in [0.4, 0.5) is 0 Å². The first-order valence-electron chi connectivity index (χ1n) is 5.81. The third-order valence-corrected chi connectivity index (χ3v) is 3.78. The van der Waals surface area contributed by atoms with Crippen LogP contribution in [0.5, 0.6) is 0 Å². The third-order valence-electron chi connectivity index (χ3n) is 3.78. The molecule has 0 aromatic carbocycles. The van der Waals surface area contributed by atoms with Crippen molar-refractivity contribution >= 4 is 0 Å². The van der Waals surface area contributed by atoms with E-state index in [1.54, 1.807) is 0 Å². The Balaban J connectivity index is 2.46. The van der Waals surface area contributed by atoms with Crippen molar-refractivity contribution < 1.29 is 5.11 Å². The van der Waals surface area contributed by atoms with Crippen LogP contribution in [0.15, 0.2) is 0 Å². The maximum atomic E-state index is 10.4. The van der Waals surface area contributed by atoms with Crippen molar-refractivity contribution in [1.82, 2.24) is 0 Å². The monoisotopic (exact) mass is 184 g/mol. The fraction of sp³-hybridized carbons (Fsp3) is 1.00. The van der Waals surface area contributed by atoms with Gasteiger partial charge in [-0.25, -0.2) is 0 Å². The Bertz CT molecular complexity index is 145. The van der Waals surface area contributed by atoms with Gasteiger partial charge in [-0.05, 0) is 43.9 Å².